The third kappa shape index (κ3) is 2.94. The summed E-state index contributed by atoms with van der Waals surface area (Å²) >= 11 is 0. The van der Waals surface area contributed by atoms with Gasteiger partial charge in [-0.1, -0.05) is 5.16 Å². The molecule has 0 unspecified atom stereocenters. The minimum absolute atomic E-state index is 0.300. The molecule has 0 spiro atoms. The zero-order valence-electron chi connectivity index (χ0n) is 14.6. The van der Waals surface area contributed by atoms with Crippen molar-refractivity contribution in [1.29, 1.82) is 0 Å². The second-order valence-electron chi connectivity index (χ2n) is 8.33. The zero-order valence-corrected chi connectivity index (χ0v) is 14.6. The number of amides is 1. The second kappa shape index (κ2) is 5.56. The van der Waals surface area contributed by atoms with E-state index in [1.165, 1.54) is 0 Å². The lowest BCUT2D eigenvalue weighted by atomic mass is 9.48. The van der Waals surface area contributed by atoms with Crippen molar-refractivity contribution in [2.24, 2.45) is 17.3 Å². The van der Waals surface area contributed by atoms with Gasteiger partial charge < -0.3 is 19.7 Å². The average molecular weight is 348 g/mol. The summed E-state index contributed by atoms with van der Waals surface area (Å²) in [4.78, 5) is 25.1. The van der Waals surface area contributed by atoms with Gasteiger partial charge in [0.15, 0.2) is 11.9 Å². The van der Waals surface area contributed by atoms with E-state index in [0.29, 0.717) is 29.8 Å². The van der Waals surface area contributed by atoms with Gasteiger partial charge in [0.1, 0.15) is 5.76 Å². The lowest BCUT2D eigenvalue weighted by molar-refractivity contribution is -0.199. The second-order valence-corrected chi connectivity index (χ2v) is 8.33. The molecule has 1 heterocycles. The van der Waals surface area contributed by atoms with E-state index >= 15 is 0 Å². The highest BCUT2D eigenvalue weighted by atomic mass is 16.5. The number of nitrogens with one attached hydrogen (secondary N) is 1. The molecule has 4 bridgehead atoms. The van der Waals surface area contributed by atoms with Gasteiger partial charge in [-0.05, 0) is 64.2 Å². The largest absolute Gasteiger partial charge is 0.452 e. The Labute approximate surface area is 146 Å². The van der Waals surface area contributed by atoms with Gasteiger partial charge in [-0.25, -0.2) is 0 Å². The molecule has 1 amide bonds. The van der Waals surface area contributed by atoms with Crippen LogP contribution in [0.15, 0.2) is 10.6 Å². The summed E-state index contributed by atoms with van der Waals surface area (Å²) in [7, 11) is 0. The number of rotatable bonds is 4. The maximum absolute atomic E-state index is 12.9. The highest BCUT2D eigenvalue weighted by Crippen LogP contribution is 2.62. The number of ether oxygens (including phenoxy) is 1. The Bertz CT molecular complexity index is 698. The van der Waals surface area contributed by atoms with E-state index in [-0.39, 0.29) is 5.97 Å². The zero-order chi connectivity index (χ0) is 17.8. The summed E-state index contributed by atoms with van der Waals surface area (Å²) in [6.45, 7) is 3.28. The van der Waals surface area contributed by atoms with Gasteiger partial charge >= 0.3 is 5.97 Å². The van der Waals surface area contributed by atoms with Crippen molar-refractivity contribution < 1.29 is 24.0 Å². The van der Waals surface area contributed by atoms with Gasteiger partial charge in [-0.3, -0.25) is 9.59 Å². The number of esters is 1. The molecule has 0 aromatic carbocycles. The fraction of sp³-hybridized carbons (Fsp3) is 0.722. The molecule has 0 aliphatic heterocycles. The van der Waals surface area contributed by atoms with Crippen LogP contribution in [0.2, 0.25) is 0 Å². The van der Waals surface area contributed by atoms with Crippen LogP contribution in [-0.2, 0) is 14.3 Å². The lowest BCUT2D eigenvalue weighted by Gasteiger charge is -2.58. The van der Waals surface area contributed by atoms with Crippen molar-refractivity contribution in [3.05, 3.63) is 11.8 Å². The molecule has 4 aliphatic rings. The molecule has 4 fully saturated rings. The SMILES string of the molecule is Cc1cc(NC(=O)[C@@H](C)OC(=O)C23C[C@H]4C[C@@H](CC(O)(C4)C2)C3)no1. The summed E-state index contributed by atoms with van der Waals surface area (Å²) in [5, 5.41) is 17.0. The van der Waals surface area contributed by atoms with Crippen molar-refractivity contribution in [2.75, 3.05) is 5.32 Å². The summed E-state index contributed by atoms with van der Waals surface area (Å²) < 4.78 is 10.4. The number of carbonyl (C=O) groups is 2. The fourth-order valence-corrected chi connectivity index (χ4v) is 5.45. The maximum Gasteiger partial charge on any atom is 0.312 e. The highest BCUT2D eigenvalue weighted by Gasteiger charge is 2.61. The summed E-state index contributed by atoms with van der Waals surface area (Å²) in [5.41, 5.74) is -1.36. The third-order valence-electron chi connectivity index (χ3n) is 6.00. The first-order valence-electron chi connectivity index (χ1n) is 8.95. The molecule has 4 aliphatic carbocycles. The average Bonchev–Trinajstić information content (AvgIpc) is 2.89. The van der Waals surface area contributed by atoms with Crippen molar-refractivity contribution in [3.63, 3.8) is 0 Å². The molecule has 136 valence electrons. The van der Waals surface area contributed by atoms with E-state index in [9.17, 15) is 14.7 Å². The molecule has 7 heteroatoms. The Morgan fingerprint density at radius 3 is 2.60 bits per heavy atom. The fourth-order valence-electron chi connectivity index (χ4n) is 5.45. The number of aromatic nitrogens is 1. The molecule has 25 heavy (non-hydrogen) atoms. The number of hydrogen-bond donors (Lipinski definition) is 2. The lowest BCUT2D eigenvalue weighted by Crippen LogP contribution is -2.59. The number of aliphatic hydroxyl groups is 1. The van der Waals surface area contributed by atoms with Gasteiger partial charge in [0.05, 0.1) is 11.0 Å². The van der Waals surface area contributed by atoms with Gasteiger partial charge in [-0.2, -0.15) is 0 Å². The Kier molecular flexibility index (Phi) is 3.68. The first kappa shape index (κ1) is 16.6. The predicted molar refractivity (Wildman–Crippen MR) is 87.5 cm³/mol. The number of anilines is 1. The van der Waals surface area contributed by atoms with Crippen LogP contribution >= 0.6 is 0 Å². The Morgan fingerprint density at radius 2 is 2.04 bits per heavy atom. The van der Waals surface area contributed by atoms with E-state index in [4.69, 9.17) is 9.26 Å². The standard InChI is InChI=1S/C18H24N2O5/c1-10-3-14(20-25-10)19-15(21)11(2)24-16(22)17-5-12-4-13(6-17)8-18(23,7-12)9-17/h3,11-13,23H,4-9H2,1-2H3,(H,19,20,21)/t11-,12-,13-,17?,18?/m1/s1. The molecule has 3 atom stereocenters. The quantitative estimate of drug-likeness (QED) is 0.809. The summed E-state index contributed by atoms with van der Waals surface area (Å²) in [6, 6.07) is 1.60. The van der Waals surface area contributed by atoms with Crippen LogP contribution in [0.5, 0.6) is 0 Å². The van der Waals surface area contributed by atoms with E-state index in [1.54, 1.807) is 19.9 Å². The first-order valence-corrected chi connectivity index (χ1v) is 8.95. The highest BCUT2D eigenvalue weighted by molar-refractivity contribution is 5.94. The van der Waals surface area contributed by atoms with Crippen LogP contribution in [0, 0.1) is 24.2 Å². The Balaban J connectivity index is 1.42. The number of nitrogens with zero attached hydrogens (tertiary/aromatic N) is 1. The molecule has 1 aromatic heterocycles. The maximum atomic E-state index is 12.9. The van der Waals surface area contributed by atoms with Crippen LogP contribution in [-0.4, -0.2) is 33.8 Å². The molecule has 4 saturated carbocycles. The van der Waals surface area contributed by atoms with Gasteiger partial charge in [-0.15, -0.1) is 0 Å². The third-order valence-corrected chi connectivity index (χ3v) is 6.00. The van der Waals surface area contributed by atoms with Crippen molar-refractivity contribution in [3.8, 4) is 0 Å². The van der Waals surface area contributed by atoms with E-state index < -0.39 is 23.0 Å². The van der Waals surface area contributed by atoms with Crippen molar-refractivity contribution in [1.82, 2.24) is 5.16 Å². The molecule has 2 N–H and O–H groups in total. The van der Waals surface area contributed by atoms with E-state index in [2.05, 4.69) is 10.5 Å². The Morgan fingerprint density at radius 1 is 1.36 bits per heavy atom. The number of aryl methyl sites for hydroxylation is 1. The minimum atomic E-state index is -0.924. The smallest absolute Gasteiger partial charge is 0.312 e. The normalized spacial score (nSPS) is 36.9. The van der Waals surface area contributed by atoms with Crippen molar-refractivity contribution >= 4 is 17.7 Å². The Hall–Kier alpha value is -1.89. The van der Waals surface area contributed by atoms with Crippen molar-refractivity contribution in [2.45, 2.75) is 64.1 Å². The van der Waals surface area contributed by atoms with Crippen LogP contribution in [0.3, 0.4) is 0 Å². The van der Waals surface area contributed by atoms with Crippen LogP contribution in [0.4, 0.5) is 5.82 Å². The predicted octanol–water partition coefficient (Wildman–Crippen LogP) is 2.18. The molecule has 5 rings (SSSR count). The van der Waals surface area contributed by atoms with Gasteiger partial charge in [0, 0.05) is 6.07 Å². The molecular weight excluding hydrogens is 324 g/mol. The first-order chi connectivity index (χ1) is 11.8. The molecule has 0 radical (unpaired) electrons. The molecule has 1 aromatic rings. The van der Waals surface area contributed by atoms with E-state index in [0.717, 1.165) is 32.1 Å². The number of carbonyl (C=O) groups excluding carboxylic acids is 2. The van der Waals surface area contributed by atoms with Crippen LogP contribution in [0.1, 0.15) is 51.2 Å². The molecular formula is C18H24N2O5. The topological polar surface area (TPSA) is 102 Å². The van der Waals surface area contributed by atoms with Crippen LogP contribution in [0.25, 0.3) is 0 Å². The monoisotopic (exact) mass is 348 g/mol. The summed E-state index contributed by atoms with van der Waals surface area (Å²) in [5.74, 6) is 0.877. The van der Waals surface area contributed by atoms with Gasteiger partial charge in [0.25, 0.3) is 5.91 Å². The van der Waals surface area contributed by atoms with Gasteiger partial charge in [0.2, 0.25) is 0 Å². The molecule has 0 saturated heterocycles. The molecule has 7 nitrogen and oxygen atoms in total. The van der Waals surface area contributed by atoms with Crippen LogP contribution < -0.4 is 5.32 Å². The summed E-state index contributed by atoms with van der Waals surface area (Å²) in [6.07, 6.45) is 3.75. The number of hydrogen-bond acceptors (Lipinski definition) is 6. The minimum Gasteiger partial charge on any atom is -0.452 e. The van der Waals surface area contributed by atoms with E-state index in [1.807, 2.05) is 0 Å².